The zero-order valence-electron chi connectivity index (χ0n) is 18.5. The predicted molar refractivity (Wildman–Crippen MR) is 120 cm³/mol. The van der Waals surface area contributed by atoms with Crippen LogP contribution in [0.25, 0.3) is 16.9 Å². The summed E-state index contributed by atoms with van der Waals surface area (Å²) >= 11 is 0. The fourth-order valence-electron chi connectivity index (χ4n) is 4.12. The Morgan fingerprint density at radius 3 is 2.67 bits per heavy atom. The Kier molecular flexibility index (Phi) is 6.27. The van der Waals surface area contributed by atoms with Gasteiger partial charge in [0, 0.05) is 19.7 Å². The normalized spacial score (nSPS) is 18.6. The zero-order chi connectivity index (χ0) is 22.6. The molecule has 0 saturated heterocycles. The maximum atomic E-state index is 9.74. The van der Waals surface area contributed by atoms with Crippen LogP contribution in [0, 0.1) is 0 Å². The van der Waals surface area contributed by atoms with Gasteiger partial charge in [0.2, 0.25) is 0 Å². The number of aliphatic hydroxyl groups is 1. The second kappa shape index (κ2) is 9.63. The number of aliphatic hydroxyl groups excluding tert-OH is 1. The number of hydrogen-bond acceptors (Lipinski definition) is 8. The molecule has 172 valence electrons. The lowest BCUT2D eigenvalue weighted by atomic mass is 9.93. The zero-order valence-corrected chi connectivity index (χ0v) is 18.5. The molecule has 0 aliphatic heterocycles. The van der Waals surface area contributed by atoms with Gasteiger partial charge < -0.3 is 14.6 Å². The highest BCUT2D eigenvalue weighted by molar-refractivity contribution is 5.70. The molecule has 1 aliphatic rings. The van der Waals surface area contributed by atoms with Crippen molar-refractivity contribution < 1.29 is 14.6 Å². The van der Waals surface area contributed by atoms with Gasteiger partial charge >= 0.3 is 0 Å². The summed E-state index contributed by atoms with van der Waals surface area (Å²) in [5, 5.41) is 22.7. The van der Waals surface area contributed by atoms with Crippen LogP contribution in [0.4, 0.5) is 0 Å². The molecule has 0 atom stereocenters. The van der Waals surface area contributed by atoms with E-state index < -0.39 is 0 Å². The predicted octanol–water partition coefficient (Wildman–Crippen LogP) is 2.50. The Hall–Kier alpha value is -3.37. The van der Waals surface area contributed by atoms with Crippen LogP contribution >= 0.6 is 0 Å². The third kappa shape index (κ3) is 4.86. The molecular formula is C23H27N7O3. The molecule has 3 aromatic heterocycles. The lowest BCUT2D eigenvalue weighted by molar-refractivity contribution is 0.108. The molecule has 1 aromatic carbocycles. The van der Waals surface area contributed by atoms with Gasteiger partial charge in [-0.3, -0.25) is 4.68 Å². The first-order chi connectivity index (χ1) is 16.2. The average Bonchev–Trinajstić information content (AvgIpc) is 3.47. The fraction of sp³-hybridized carbons (Fsp3) is 0.435. The van der Waals surface area contributed by atoms with Crippen LogP contribution in [0.15, 0.2) is 42.9 Å². The number of aromatic nitrogens is 7. The third-order valence-corrected chi connectivity index (χ3v) is 5.94. The Balaban J connectivity index is 1.31. The molecular weight excluding hydrogens is 422 g/mol. The van der Waals surface area contributed by atoms with Gasteiger partial charge in [-0.15, -0.1) is 5.10 Å². The van der Waals surface area contributed by atoms with Gasteiger partial charge in [-0.05, 0) is 55.5 Å². The summed E-state index contributed by atoms with van der Waals surface area (Å²) in [7, 11) is 1.65. The van der Waals surface area contributed by atoms with E-state index in [4.69, 9.17) is 14.5 Å². The Labute approximate surface area is 191 Å². The second-order valence-electron chi connectivity index (χ2n) is 8.30. The summed E-state index contributed by atoms with van der Waals surface area (Å²) in [6.07, 6.45) is 9.60. The monoisotopic (exact) mass is 449 g/mol. The molecule has 5 rings (SSSR count). The summed E-state index contributed by atoms with van der Waals surface area (Å²) < 4.78 is 14.4. The number of nitrogens with zero attached hydrogens (tertiary/aromatic N) is 7. The summed E-state index contributed by atoms with van der Waals surface area (Å²) in [4.78, 5) is 9.20. The van der Waals surface area contributed by atoms with E-state index in [2.05, 4.69) is 26.6 Å². The lowest BCUT2D eigenvalue weighted by Gasteiger charge is -2.25. The van der Waals surface area contributed by atoms with Crippen molar-refractivity contribution in [1.29, 1.82) is 0 Å². The number of benzene rings is 1. The van der Waals surface area contributed by atoms with Gasteiger partial charge in [0.25, 0.3) is 0 Å². The number of ether oxygens (including phenoxy) is 2. The average molecular weight is 450 g/mol. The molecule has 1 aliphatic carbocycles. The highest BCUT2D eigenvalue weighted by Gasteiger charge is 2.21. The van der Waals surface area contributed by atoms with Crippen molar-refractivity contribution in [3.05, 3.63) is 54.2 Å². The van der Waals surface area contributed by atoms with Crippen molar-refractivity contribution in [2.24, 2.45) is 0 Å². The van der Waals surface area contributed by atoms with Crippen LogP contribution < -0.4 is 4.74 Å². The molecule has 1 N–H and O–H groups in total. The van der Waals surface area contributed by atoms with Crippen molar-refractivity contribution in [2.75, 3.05) is 20.3 Å². The standard InChI is InChI=1S/C23H27N7O3/c1-32-10-11-33-20-8-4-18(5-9-20)30-23-21(27-28-30)14-24-22(26-23)12-16-13-25-29(15-16)17-2-6-19(31)7-3-17/h4-5,8-9,13-15,17,19,31H,2-3,6-7,10-12H2,1H3. The Morgan fingerprint density at radius 2 is 1.88 bits per heavy atom. The molecule has 0 amide bonds. The molecule has 33 heavy (non-hydrogen) atoms. The largest absolute Gasteiger partial charge is 0.491 e. The molecule has 0 spiro atoms. The van der Waals surface area contributed by atoms with E-state index in [0.717, 1.165) is 42.7 Å². The van der Waals surface area contributed by atoms with E-state index in [1.54, 1.807) is 18.0 Å². The molecule has 3 heterocycles. The minimum absolute atomic E-state index is 0.172. The smallest absolute Gasteiger partial charge is 0.187 e. The Bertz CT molecular complexity index is 1200. The van der Waals surface area contributed by atoms with Crippen LogP contribution in [-0.2, 0) is 11.2 Å². The van der Waals surface area contributed by atoms with Gasteiger partial charge in [-0.2, -0.15) is 9.78 Å². The van der Waals surface area contributed by atoms with Gasteiger partial charge in [-0.1, -0.05) is 5.21 Å². The summed E-state index contributed by atoms with van der Waals surface area (Å²) in [5.74, 6) is 1.45. The number of fused-ring (bicyclic) bond motifs is 1. The van der Waals surface area contributed by atoms with Crippen LogP contribution in [0.1, 0.15) is 43.1 Å². The van der Waals surface area contributed by atoms with E-state index in [-0.39, 0.29) is 6.10 Å². The molecule has 0 bridgehead atoms. The van der Waals surface area contributed by atoms with E-state index in [9.17, 15) is 5.11 Å². The topological polar surface area (TPSA) is 113 Å². The van der Waals surface area contributed by atoms with Crippen LogP contribution in [0.3, 0.4) is 0 Å². The van der Waals surface area contributed by atoms with Crippen molar-refractivity contribution in [2.45, 2.75) is 44.2 Å². The lowest BCUT2D eigenvalue weighted by Crippen LogP contribution is -2.21. The molecule has 1 saturated carbocycles. The van der Waals surface area contributed by atoms with Gasteiger partial charge in [0.1, 0.15) is 18.2 Å². The maximum absolute atomic E-state index is 9.74. The highest BCUT2D eigenvalue weighted by Crippen LogP contribution is 2.28. The van der Waals surface area contributed by atoms with Crippen molar-refractivity contribution in [1.82, 2.24) is 34.7 Å². The minimum atomic E-state index is -0.172. The molecule has 0 radical (unpaired) electrons. The van der Waals surface area contributed by atoms with E-state index >= 15 is 0 Å². The quantitative estimate of drug-likeness (QED) is 0.408. The summed E-state index contributed by atoms with van der Waals surface area (Å²) in [6.45, 7) is 1.04. The number of hydrogen-bond donors (Lipinski definition) is 1. The molecule has 10 nitrogen and oxygen atoms in total. The second-order valence-corrected chi connectivity index (χ2v) is 8.30. The van der Waals surface area contributed by atoms with Crippen molar-refractivity contribution >= 4 is 11.2 Å². The molecule has 4 aromatic rings. The minimum Gasteiger partial charge on any atom is -0.491 e. The van der Waals surface area contributed by atoms with Gasteiger partial charge in [0.05, 0.1) is 36.8 Å². The first kappa shape index (κ1) is 21.5. The first-order valence-corrected chi connectivity index (χ1v) is 11.2. The van der Waals surface area contributed by atoms with Crippen molar-refractivity contribution in [3.8, 4) is 11.4 Å². The molecule has 1 fully saturated rings. The summed E-state index contributed by atoms with van der Waals surface area (Å²) in [5.41, 5.74) is 3.18. The molecule has 0 unspecified atom stereocenters. The first-order valence-electron chi connectivity index (χ1n) is 11.2. The van der Waals surface area contributed by atoms with Crippen LogP contribution in [0.2, 0.25) is 0 Å². The number of methoxy groups -OCH3 is 1. The van der Waals surface area contributed by atoms with Crippen molar-refractivity contribution in [3.63, 3.8) is 0 Å². The number of rotatable bonds is 8. The van der Waals surface area contributed by atoms with E-state index in [1.807, 2.05) is 35.1 Å². The third-order valence-electron chi connectivity index (χ3n) is 5.94. The maximum Gasteiger partial charge on any atom is 0.187 e. The van der Waals surface area contributed by atoms with Crippen LogP contribution in [-0.4, -0.2) is 66.3 Å². The SMILES string of the molecule is COCCOc1ccc(-n2nnc3cnc(Cc4cnn(C5CCC(O)CC5)c4)nc32)cc1. The Morgan fingerprint density at radius 1 is 1.06 bits per heavy atom. The van der Waals surface area contributed by atoms with E-state index in [0.29, 0.717) is 42.7 Å². The van der Waals surface area contributed by atoms with Gasteiger partial charge in [0.15, 0.2) is 11.2 Å². The van der Waals surface area contributed by atoms with Gasteiger partial charge in [-0.25, -0.2) is 9.97 Å². The fourth-order valence-corrected chi connectivity index (χ4v) is 4.12. The van der Waals surface area contributed by atoms with E-state index in [1.165, 1.54) is 0 Å². The summed E-state index contributed by atoms with van der Waals surface area (Å²) in [6, 6.07) is 7.96. The van der Waals surface area contributed by atoms with Crippen LogP contribution in [0.5, 0.6) is 5.75 Å². The molecule has 10 heteroatoms. The highest BCUT2D eigenvalue weighted by atomic mass is 16.5.